The van der Waals surface area contributed by atoms with Crippen LogP contribution in [-0.4, -0.2) is 50.4 Å². The predicted octanol–water partition coefficient (Wildman–Crippen LogP) is 4.27. The lowest BCUT2D eigenvalue weighted by Gasteiger charge is -2.46. The second-order valence-corrected chi connectivity index (χ2v) is 8.98. The van der Waals surface area contributed by atoms with E-state index in [9.17, 15) is 4.79 Å². The van der Waals surface area contributed by atoms with Gasteiger partial charge in [0.15, 0.2) is 11.5 Å². The SMILES string of the molecule is CC1c2cc3c(cc2C2(CCCC2)CN1C(=O)COCCOc1ccccc1)OCCO3. The quantitative estimate of drug-likeness (QED) is 0.632. The molecule has 1 fully saturated rings. The molecule has 1 aliphatic carbocycles. The van der Waals surface area contributed by atoms with Crippen LogP contribution in [0, 0.1) is 0 Å². The van der Waals surface area contributed by atoms with Gasteiger partial charge < -0.3 is 23.8 Å². The van der Waals surface area contributed by atoms with Gasteiger partial charge in [0.25, 0.3) is 0 Å². The molecule has 0 N–H and O–H groups in total. The Morgan fingerprint density at radius 1 is 1.06 bits per heavy atom. The Bertz CT molecular complexity index is 954. The van der Waals surface area contributed by atoms with Crippen LogP contribution < -0.4 is 14.2 Å². The van der Waals surface area contributed by atoms with Gasteiger partial charge in [-0.05, 0) is 55.2 Å². The van der Waals surface area contributed by atoms with Gasteiger partial charge in [-0.25, -0.2) is 0 Å². The number of amides is 1. The van der Waals surface area contributed by atoms with Crippen molar-refractivity contribution in [2.24, 2.45) is 0 Å². The Kier molecular flexibility index (Phi) is 5.96. The average molecular weight is 438 g/mol. The number of ether oxygens (including phenoxy) is 4. The fourth-order valence-electron chi connectivity index (χ4n) is 5.39. The van der Waals surface area contributed by atoms with Gasteiger partial charge in [0.1, 0.15) is 32.2 Å². The minimum Gasteiger partial charge on any atom is -0.491 e. The number of hydrogen-bond donors (Lipinski definition) is 0. The molecule has 170 valence electrons. The van der Waals surface area contributed by atoms with Crippen molar-refractivity contribution < 1.29 is 23.7 Å². The highest BCUT2D eigenvalue weighted by atomic mass is 16.6. The molecule has 2 aromatic carbocycles. The summed E-state index contributed by atoms with van der Waals surface area (Å²) in [6.07, 6.45) is 4.58. The van der Waals surface area contributed by atoms with Gasteiger partial charge in [-0.3, -0.25) is 4.79 Å². The van der Waals surface area contributed by atoms with E-state index in [2.05, 4.69) is 19.1 Å². The fourth-order valence-corrected chi connectivity index (χ4v) is 5.39. The molecule has 1 unspecified atom stereocenters. The number of para-hydroxylation sites is 1. The summed E-state index contributed by atoms with van der Waals surface area (Å²) in [5.74, 6) is 2.47. The van der Waals surface area contributed by atoms with Crippen molar-refractivity contribution in [2.75, 3.05) is 39.6 Å². The van der Waals surface area contributed by atoms with Gasteiger partial charge in [-0.2, -0.15) is 0 Å². The zero-order valence-corrected chi connectivity index (χ0v) is 18.7. The van der Waals surface area contributed by atoms with E-state index in [1.54, 1.807) is 0 Å². The van der Waals surface area contributed by atoms with E-state index in [0.29, 0.717) is 26.4 Å². The third kappa shape index (κ3) is 4.04. The third-order valence-electron chi connectivity index (χ3n) is 7.02. The Balaban J connectivity index is 1.27. The van der Waals surface area contributed by atoms with Gasteiger partial charge in [0.05, 0.1) is 12.6 Å². The second-order valence-electron chi connectivity index (χ2n) is 8.98. The summed E-state index contributed by atoms with van der Waals surface area (Å²) in [6.45, 7) is 4.86. The molecule has 0 radical (unpaired) electrons. The van der Waals surface area contributed by atoms with Gasteiger partial charge in [0, 0.05) is 12.0 Å². The molecule has 0 bridgehead atoms. The van der Waals surface area contributed by atoms with Gasteiger partial charge in [-0.15, -0.1) is 0 Å². The van der Waals surface area contributed by atoms with Crippen LogP contribution in [0.15, 0.2) is 42.5 Å². The minimum atomic E-state index is -0.0243. The third-order valence-corrected chi connectivity index (χ3v) is 7.02. The van der Waals surface area contributed by atoms with Crippen molar-refractivity contribution in [3.63, 3.8) is 0 Å². The first kappa shape index (κ1) is 21.1. The zero-order valence-electron chi connectivity index (χ0n) is 18.7. The van der Waals surface area contributed by atoms with Gasteiger partial charge in [-0.1, -0.05) is 31.0 Å². The molecule has 5 rings (SSSR count). The summed E-state index contributed by atoms with van der Waals surface area (Å²) in [4.78, 5) is 15.2. The van der Waals surface area contributed by atoms with Crippen LogP contribution in [0.4, 0.5) is 0 Å². The molecule has 6 heteroatoms. The molecule has 0 aromatic heterocycles. The van der Waals surface area contributed by atoms with E-state index in [4.69, 9.17) is 18.9 Å². The largest absolute Gasteiger partial charge is 0.491 e. The Morgan fingerprint density at radius 3 is 2.53 bits per heavy atom. The predicted molar refractivity (Wildman–Crippen MR) is 120 cm³/mol. The lowest BCUT2D eigenvalue weighted by atomic mass is 9.71. The molecule has 1 saturated carbocycles. The van der Waals surface area contributed by atoms with Crippen LogP contribution in [0.2, 0.25) is 0 Å². The molecular formula is C26H31NO5. The number of hydrogen-bond acceptors (Lipinski definition) is 5. The van der Waals surface area contributed by atoms with Gasteiger partial charge >= 0.3 is 0 Å². The fraction of sp³-hybridized carbons (Fsp3) is 0.500. The molecule has 3 aliphatic rings. The van der Waals surface area contributed by atoms with E-state index in [1.165, 1.54) is 24.0 Å². The normalized spacial score (nSPS) is 20.8. The molecule has 1 atom stereocenters. The Labute approximate surface area is 189 Å². The molecule has 1 amide bonds. The van der Waals surface area contributed by atoms with Gasteiger partial charge in [0.2, 0.25) is 5.91 Å². The Morgan fingerprint density at radius 2 is 1.78 bits per heavy atom. The average Bonchev–Trinajstić information content (AvgIpc) is 3.30. The molecular weight excluding hydrogens is 406 g/mol. The van der Waals surface area contributed by atoms with E-state index >= 15 is 0 Å². The number of fused-ring (bicyclic) bond motifs is 3. The van der Waals surface area contributed by atoms with Crippen LogP contribution in [-0.2, 0) is 14.9 Å². The molecule has 6 nitrogen and oxygen atoms in total. The maximum atomic E-state index is 13.2. The van der Waals surface area contributed by atoms with Crippen molar-refractivity contribution >= 4 is 5.91 Å². The highest BCUT2D eigenvalue weighted by Crippen LogP contribution is 2.51. The monoisotopic (exact) mass is 437 g/mol. The maximum absolute atomic E-state index is 13.2. The molecule has 1 spiro atoms. The lowest BCUT2D eigenvalue weighted by molar-refractivity contribution is -0.140. The topological polar surface area (TPSA) is 57.2 Å². The summed E-state index contributed by atoms with van der Waals surface area (Å²) < 4.78 is 23.1. The number of rotatable bonds is 6. The van der Waals surface area contributed by atoms with E-state index in [0.717, 1.165) is 36.6 Å². The highest BCUT2D eigenvalue weighted by Gasteiger charge is 2.46. The summed E-state index contributed by atoms with van der Waals surface area (Å²) in [5, 5.41) is 0. The smallest absolute Gasteiger partial charge is 0.249 e. The second kappa shape index (κ2) is 9.02. The molecule has 32 heavy (non-hydrogen) atoms. The number of carbonyl (C=O) groups is 1. The highest BCUT2D eigenvalue weighted by molar-refractivity contribution is 5.79. The van der Waals surface area contributed by atoms with Crippen LogP contribution in [0.3, 0.4) is 0 Å². The van der Waals surface area contributed by atoms with Crippen molar-refractivity contribution in [2.45, 2.75) is 44.1 Å². The van der Waals surface area contributed by atoms with Crippen LogP contribution in [0.1, 0.15) is 49.8 Å². The van der Waals surface area contributed by atoms with E-state index in [1.807, 2.05) is 35.2 Å². The number of carbonyl (C=O) groups excluding carboxylic acids is 1. The molecule has 2 aromatic rings. The molecule has 2 heterocycles. The van der Waals surface area contributed by atoms with E-state index in [-0.39, 0.29) is 24.0 Å². The van der Waals surface area contributed by atoms with Crippen molar-refractivity contribution in [3.05, 3.63) is 53.6 Å². The van der Waals surface area contributed by atoms with Crippen LogP contribution in [0.5, 0.6) is 17.2 Å². The summed E-state index contributed by atoms with van der Waals surface area (Å²) in [6, 6.07) is 13.9. The lowest BCUT2D eigenvalue weighted by Crippen LogP contribution is -2.49. The first-order chi connectivity index (χ1) is 15.7. The van der Waals surface area contributed by atoms with E-state index < -0.39 is 0 Å². The summed E-state index contributed by atoms with van der Waals surface area (Å²) in [5.41, 5.74) is 2.53. The first-order valence-electron chi connectivity index (χ1n) is 11.7. The minimum absolute atomic E-state index is 0.00373. The van der Waals surface area contributed by atoms with Crippen LogP contribution >= 0.6 is 0 Å². The Hall–Kier alpha value is -2.73. The summed E-state index contributed by atoms with van der Waals surface area (Å²) in [7, 11) is 0. The first-order valence-corrected chi connectivity index (χ1v) is 11.7. The van der Waals surface area contributed by atoms with Crippen molar-refractivity contribution in [1.29, 1.82) is 0 Å². The standard InChI is InChI=1S/C26H31NO5/c1-19-21-15-23-24(32-14-13-31-23)16-22(21)26(9-5-6-10-26)18-27(19)25(28)17-29-11-12-30-20-7-3-2-4-8-20/h2-4,7-8,15-16,19H,5-6,9-14,17-18H2,1H3. The zero-order chi connectivity index (χ0) is 22.0. The molecule has 0 saturated heterocycles. The number of nitrogens with zero attached hydrogens (tertiary/aromatic N) is 1. The van der Waals surface area contributed by atoms with Crippen molar-refractivity contribution in [1.82, 2.24) is 4.90 Å². The molecule has 2 aliphatic heterocycles. The summed E-state index contributed by atoms with van der Waals surface area (Å²) >= 11 is 0. The van der Waals surface area contributed by atoms with Crippen LogP contribution in [0.25, 0.3) is 0 Å². The maximum Gasteiger partial charge on any atom is 0.249 e. The number of benzene rings is 2. The van der Waals surface area contributed by atoms with Crippen molar-refractivity contribution in [3.8, 4) is 17.2 Å².